The van der Waals surface area contributed by atoms with Gasteiger partial charge in [0.1, 0.15) is 6.29 Å². The third-order valence-corrected chi connectivity index (χ3v) is 2.52. The molecular formula is C9H16O2. The fourth-order valence-corrected chi connectivity index (χ4v) is 1.81. The minimum atomic E-state index is -0.135. The molecule has 2 nitrogen and oxygen atoms in total. The van der Waals surface area contributed by atoms with E-state index in [1.165, 1.54) is 6.42 Å². The lowest BCUT2D eigenvalue weighted by Gasteiger charge is -2.26. The van der Waals surface area contributed by atoms with Gasteiger partial charge in [0.25, 0.3) is 0 Å². The normalized spacial score (nSPS) is 31.7. The van der Waals surface area contributed by atoms with Gasteiger partial charge in [-0.1, -0.05) is 12.8 Å². The summed E-state index contributed by atoms with van der Waals surface area (Å²) < 4.78 is 0. The van der Waals surface area contributed by atoms with E-state index in [1.54, 1.807) is 0 Å². The quantitative estimate of drug-likeness (QED) is 0.629. The Balaban J connectivity index is 2.23. The van der Waals surface area contributed by atoms with E-state index in [2.05, 4.69) is 0 Å². The number of rotatable bonds is 3. The fraction of sp³-hybridized carbons (Fsp3) is 0.889. The highest BCUT2D eigenvalue weighted by molar-refractivity contribution is 5.49. The molecule has 1 fully saturated rings. The van der Waals surface area contributed by atoms with E-state index in [1.807, 2.05) is 0 Å². The molecule has 0 aromatic rings. The standard InChI is InChI=1S/C9H16O2/c10-7-3-5-8-4-1-2-6-9(8)11/h7-9,11H,1-6H2/t8-,9+/m0/s1. The lowest BCUT2D eigenvalue weighted by atomic mass is 9.84. The second-order valence-corrected chi connectivity index (χ2v) is 3.36. The van der Waals surface area contributed by atoms with Gasteiger partial charge in [-0.15, -0.1) is 0 Å². The first-order valence-electron chi connectivity index (χ1n) is 4.46. The molecule has 2 heteroatoms. The molecule has 11 heavy (non-hydrogen) atoms. The summed E-state index contributed by atoms with van der Waals surface area (Å²) in [4.78, 5) is 10.1. The van der Waals surface area contributed by atoms with E-state index in [0.29, 0.717) is 12.3 Å². The summed E-state index contributed by atoms with van der Waals surface area (Å²) in [6, 6.07) is 0. The molecule has 0 aliphatic heterocycles. The van der Waals surface area contributed by atoms with Crippen LogP contribution < -0.4 is 0 Å². The molecule has 0 heterocycles. The molecule has 1 saturated carbocycles. The zero-order chi connectivity index (χ0) is 8.10. The van der Waals surface area contributed by atoms with Gasteiger partial charge >= 0.3 is 0 Å². The van der Waals surface area contributed by atoms with Crippen molar-refractivity contribution in [2.24, 2.45) is 5.92 Å². The van der Waals surface area contributed by atoms with Gasteiger partial charge in [-0.05, 0) is 25.2 Å². The molecule has 0 bridgehead atoms. The minimum absolute atomic E-state index is 0.135. The largest absolute Gasteiger partial charge is 0.393 e. The Hall–Kier alpha value is -0.370. The first kappa shape index (κ1) is 8.72. The molecule has 1 N–H and O–H groups in total. The maximum atomic E-state index is 10.1. The second-order valence-electron chi connectivity index (χ2n) is 3.36. The minimum Gasteiger partial charge on any atom is -0.393 e. The number of hydrogen-bond acceptors (Lipinski definition) is 2. The lowest BCUT2D eigenvalue weighted by Crippen LogP contribution is -2.24. The number of aliphatic hydroxyl groups excluding tert-OH is 1. The Labute approximate surface area is 67.6 Å². The summed E-state index contributed by atoms with van der Waals surface area (Å²) in [5.74, 6) is 0.397. The van der Waals surface area contributed by atoms with E-state index in [0.717, 1.165) is 32.0 Å². The van der Waals surface area contributed by atoms with Crippen LogP contribution in [-0.2, 0) is 4.79 Å². The summed E-state index contributed by atoms with van der Waals surface area (Å²) in [5, 5.41) is 9.48. The molecule has 1 aliphatic rings. The first-order chi connectivity index (χ1) is 5.34. The third-order valence-electron chi connectivity index (χ3n) is 2.52. The molecule has 0 amide bonds. The number of hydrogen-bond donors (Lipinski definition) is 1. The number of carbonyl (C=O) groups excluding carboxylic acids is 1. The van der Waals surface area contributed by atoms with Crippen LogP contribution in [0.25, 0.3) is 0 Å². The van der Waals surface area contributed by atoms with Gasteiger partial charge in [0, 0.05) is 6.42 Å². The van der Waals surface area contributed by atoms with Gasteiger partial charge < -0.3 is 9.90 Å². The lowest BCUT2D eigenvalue weighted by molar-refractivity contribution is -0.108. The maximum Gasteiger partial charge on any atom is 0.120 e. The zero-order valence-corrected chi connectivity index (χ0v) is 6.83. The molecule has 0 radical (unpaired) electrons. The molecule has 0 aromatic carbocycles. The molecule has 1 aliphatic carbocycles. The van der Waals surface area contributed by atoms with Crippen LogP contribution in [0.15, 0.2) is 0 Å². The maximum absolute atomic E-state index is 10.1. The summed E-state index contributed by atoms with van der Waals surface area (Å²) >= 11 is 0. The van der Waals surface area contributed by atoms with Gasteiger partial charge in [0.15, 0.2) is 0 Å². The Kier molecular flexibility index (Phi) is 3.57. The van der Waals surface area contributed by atoms with Crippen LogP contribution in [0, 0.1) is 5.92 Å². The monoisotopic (exact) mass is 156 g/mol. The van der Waals surface area contributed by atoms with E-state index in [9.17, 15) is 9.90 Å². The van der Waals surface area contributed by atoms with Gasteiger partial charge in [-0.3, -0.25) is 0 Å². The van der Waals surface area contributed by atoms with Crippen LogP contribution in [-0.4, -0.2) is 17.5 Å². The predicted octanol–water partition coefficient (Wildman–Crippen LogP) is 1.52. The molecule has 2 atom stereocenters. The van der Waals surface area contributed by atoms with Gasteiger partial charge in [0.05, 0.1) is 6.10 Å². The van der Waals surface area contributed by atoms with E-state index in [-0.39, 0.29) is 6.10 Å². The van der Waals surface area contributed by atoms with Crippen LogP contribution >= 0.6 is 0 Å². The van der Waals surface area contributed by atoms with Crippen molar-refractivity contribution in [1.29, 1.82) is 0 Å². The van der Waals surface area contributed by atoms with Gasteiger partial charge in [-0.2, -0.15) is 0 Å². The van der Waals surface area contributed by atoms with Crippen LogP contribution in [0.2, 0.25) is 0 Å². The number of carbonyl (C=O) groups is 1. The van der Waals surface area contributed by atoms with Crippen molar-refractivity contribution in [3.63, 3.8) is 0 Å². The van der Waals surface area contributed by atoms with Crippen molar-refractivity contribution < 1.29 is 9.90 Å². The average molecular weight is 156 g/mol. The highest BCUT2D eigenvalue weighted by atomic mass is 16.3. The smallest absolute Gasteiger partial charge is 0.120 e. The zero-order valence-electron chi connectivity index (χ0n) is 6.83. The molecular weight excluding hydrogens is 140 g/mol. The van der Waals surface area contributed by atoms with Crippen molar-refractivity contribution in [3.05, 3.63) is 0 Å². The van der Waals surface area contributed by atoms with Crippen LogP contribution in [0.1, 0.15) is 38.5 Å². The number of aldehydes is 1. The van der Waals surface area contributed by atoms with E-state index >= 15 is 0 Å². The van der Waals surface area contributed by atoms with Crippen molar-refractivity contribution in [2.75, 3.05) is 0 Å². The van der Waals surface area contributed by atoms with Crippen LogP contribution in [0.3, 0.4) is 0 Å². The molecule has 0 unspecified atom stereocenters. The Morgan fingerprint density at radius 1 is 1.36 bits per heavy atom. The Morgan fingerprint density at radius 2 is 2.09 bits per heavy atom. The van der Waals surface area contributed by atoms with Crippen molar-refractivity contribution >= 4 is 6.29 Å². The summed E-state index contributed by atoms with van der Waals surface area (Å²) in [6.07, 6.45) is 6.72. The van der Waals surface area contributed by atoms with E-state index < -0.39 is 0 Å². The molecule has 0 spiro atoms. The van der Waals surface area contributed by atoms with E-state index in [4.69, 9.17) is 0 Å². The SMILES string of the molecule is O=CCC[C@@H]1CCCC[C@H]1O. The topological polar surface area (TPSA) is 37.3 Å². The number of aliphatic hydroxyl groups is 1. The Morgan fingerprint density at radius 3 is 2.73 bits per heavy atom. The second kappa shape index (κ2) is 4.50. The molecule has 1 rings (SSSR count). The van der Waals surface area contributed by atoms with Crippen molar-refractivity contribution in [2.45, 2.75) is 44.6 Å². The van der Waals surface area contributed by atoms with Crippen molar-refractivity contribution in [3.8, 4) is 0 Å². The van der Waals surface area contributed by atoms with Gasteiger partial charge in [-0.25, -0.2) is 0 Å². The molecule has 0 saturated heterocycles. The van der Waals surface area contributed by atoms with Crippen LogP contribution in [0.5, 0.6) is 0 Å². The average Bonchev–Trinajstić information content (AvgIpc) is 2.03. The first-order valence-corrected chi connectivity index (χ1v) is 4.46. The fourth-order valence-electron chi connectivity index (χ4n) is 1.81. The van der Waals surface area contributed by atoms with Gasteiger partial charge in [0.2, 0.25) is 0 Å². The summed E-state index contributed by atoms with van der Waals surface area (Å²) in [6.45, 7) is 0. The highest BCUT2D eigenvalue weighted by Crippen LogP contribution is 2.27. The molecule has 0 aromatic heterocycles. The Bertz CT molecular complexity index is 123. The summed E-state index contributed by atoms with van der Waals surface area (Å²) in [5.41, 5.74) is 0. The van der Waals surface area contributed by atoms with Crippen LogP contribution in [0.4, 0.5) is 0 Å². The predicted molar refractivity (Wildman–Crippen MR) is 43.3 cm³/mol. The molecule has 64 valence electrons. The highest BCUT2D eigenvalue weighted by Gasteiger charge is 2.21. The third kappa shape index (κ3) is 2.62. The van der Waals surface area contributed by atoms with Crippen molar-refractivity contribution in [1.82, 2.24) is 0 Å². The summed E-state index contributed by atoms with van der Waals surface area (Å²) in [7, 11) is 0.